The number of aryl methyl sites for hydroxylation is 1. The highest BCUT2D eigenvalue weighted by atomic mass is 16.3. The molecule has 154 valence electrons. The molecule has 1 saturated heterocycles. The van der Waals surface area contributed by atoms with Gasteiger partial charge in [-0.25, -0.2) is 4.79 Å². The van der Waals surface area contributed by atoms with Gasteiger partial charge in [0, 0.05) is 44.4 Å². The van der Waals surface area contributed by atoms with Crippen LogP contribution in [0.5, 0.6) is 0 Å². The Morgan fingerprint density at radius 3 is 2.48 bits per heavy atom. The molecule has 0 aliphatic carbocycles. The van der Waals surface area contributed by atoms with E-state index in [9.17, 15) is 9.59 Å². The molecule has 0 spiro atoms. The van der Waals surface area contributed by atoms with Crippen LogP contribution < -0.4 is 5.32 Å². The number of nitrogens with one attached hydrogen (secondary N) is 1. The summed E-state index contributed by atoms with van der Waals surface area (Å²) in [5.41, 5.74) is 4.50. The second-order valence-electron chi connectivity index (χ2n) is 6.63. The standard InChI is InChI=1S/C19H23N5O2.CH2O2/c1-13-12-21-22-17(14(13)2)15-4-6-16(7-5-15)18(25)20-8-9-24-11-10-23(3)19(24)26;2-1-3/h4-7,12H,8-11H2,1-3H3,(H,20,25);1H,(H,2,3). The number of rotatable bonds is 5. The maximum atomic E-state index is 12.3. The average Bonchev–Trinajstić information content (AvgIpc) is 3.03. The van der Waals surface area contributed by atoms with Crippen molar-refractivity contribution in [2.24, 2.45) is 0 Å². The van der Waals surface area contributed by atoms with E-state index in [0.717, 1.165) is 28.9 Å². The Bertz CT molecular complexity index is 870. The van der Waals surface area contributed by atoms with Crippen molar-refractivity contribution >= 4 is 18.4 Å². The van der Waals surface area contributed by atoms with Crippen molar-refractivity contribution in [3.8, 4) is 11.3 Å². The van der Waals surface area contributed by atoms with Crippen LogP contribution in [0.1, 0.15) is 21.5 Å². The number of carbonyl (C=O) groups is 3. The Morgan fingerprint density at radius 1 is 1.24 bits per heavy atom. The zero-order valence-electron chi connectivity index (χ0n) is 16.8. The molecule has 0 atom stereocenters. The van der Waals surface area contributed by atoms with Crippen molar-refractivity contribution in [1.82, 2.24) is 25.3 Å². The number of amides is 3. The van der Waals surface area contributed by atoms with Gasteiger partial charge in [-0.3, -0.25) is 9.59 Å². The summed E-state index contributed by atoms with van der Waals surface area (Å²) in [6, 6.07) is 7.33. The number of nitrogens with zero attached hydrogens (tertiary/aromatic N) is 4. The molecule has 1 aliphatic rings. The topological polar surface area (TPSA) is 116 Å². The predicted molar refractivity (Wildman–Crippen MR) is 108 cm³/mol. The zero-order chi connectivity index (χ0) is 21.4. The third-order valence-corrected chi connectivity index (χ3v) is 4.75. The molecule has 0 bridgehead atoms. The van der Waals surface area contributed by atoms with E-state index >= 15 is 0 Å². The Morgan fingerprint density at radius 2 is 1.90 bits per heavy atom. The predicted octanol–water partition coefficient (Wildman–Crippen LogP) is 1.56. The molecule has 0 saturated carbocycles. The quantitative estimate of drug-likeness (QED) is 0.737. The van der Waals surface area contributed by atoms with Crippen LogP contribution in [0.4, 0.5) is 4.79 Å². The summed E-state index contributed by atoms with van der Waals surface area (Å²) in [5, 5.41) is 18.0. The third-order valence-electron chi connectivity index (χ3n) is 4.75. The maximum Gasteiger partial charge on any atom is 0.319 e. The molecule has 9 heteroatoms. The lowest BCUT2D eigenvalue weighted by Gasteiger charge is -2.16. The summed E-state index contributed by atoms with van der Waals surface area (Å²) in [6.07, 6.45) is 1.74. The van der Waals surface area contributed by atoms with E-state index in [0.29, 0.717) is 25.2 Å². The van der Waals surface area contributed by atoms with Crippen LogP contribution in [0.2, 0.25) is 0 Å². The molecule has 29 heavy (non-hydrogen) atoms. The number of hydrogen-bond acceptors (Lipinski definition) is 5. The van der Waals surface area contributed by atoms with Crippen molar-refractivity contribution in [3.05, 3.63) is 47.2 Å². The van der Waals surface area contributed by atoms with Crippen LogP contribution in [0.25, 0.3) is 11.3 Å². The van der Waals surface area contributed by atoms with Crippen LogP contribution >= 0.6 is 0 Å². The van der Waals surface area contributed by atoms with E-state index < -0.39 is 0 Å². The van der Waals surface area contributed by atoms with Gasteiger partial charge in [0.1, 0.15) is 0 Å². The molecule has 1 fully saturated rings. The van der Waals surface area contributed by atoms with Gasteiger partial charge < -0.3 is 20.2 Å². The van der Waals surface area contributed by atoms with Crippen molar-refractivity contribution in [1.29, 1.82) is 0 Å². The average molecular weight is 399 g/mol. The fourth-order valence-electron chi connectivity index (χ4n) is 2.90. The fraction of sp³-hybridized carbons (Fsp3) is 0.350. The molecule has 3 rings (SSSR count). The van der Waals surface area contributed by atoms with Gasteiger partial charge in [0.15, 0.2) is 0 Å². The van der Waals surface area contributed by atoms with Crippen LogP contribution in [0.3, 0.4) is 0 Å². The van der Waals surface area contributed by atoms with Gasteiger partial charge in [-0.1, -0.05) is 12.1 Å². The number of carbonyl (C=O) groups excluding carboxylic acids is 2. The Balaban J connectivity index is 0.000000941. The molecule has 3 amide bonds. The van der Waals surface area contributed by atoms with Crippen LogP contribution in [0.15, 0.2) is 30.5 Å². The minimum atomic E-state index is -0.250. The van der Waals surface area contributed by atoms with E-state index in [4.69, 9.17) is 9.90 Å². The lowest BCUT2D eigenvalue weighted by molar-refractivity contribution is -0.122. The maximum absolute atomic E-state index is 12.3. The van der Waals surface area contributed by atoms with Crippen molar-refractivity contribution in [2.45, 2.75) is 13.8 Å². The monoisotopic (exact) mass is 399 g/mol. The number of benzene rings is 1. The fourth-order valence-corrected chi connectivity index (χ4v) is 2.90. The SMILES string of the molecule is Cc1cnnc(-c2ccc(C(=O)NCCN3CCN(C)C3=O)cc2)c1C.O=CO. The molecule has 2 N–H and O–H groups in total. The molecule has 0 unspecified atom stereocenters. The molecule has 1 aromatic carbocycles. The minimum absolute atomic E-state index is 0.0123. The Kier molecular flexibility index (Phi) is 7.64. The van der Waals surface area contributed by atoms with E-state index in [1.165, 1.54) is 0 Å². The van der Waals surface area contributed by atoms with Gasteiger partial charge in [0.05, 0.1) is 11.9 Å². The first-order chi connectivity index (χ1) is 13.9. The first kappa shape index (κ1) is 21.8. The highest BCUT2D eigenvalue weighted by molar-refractivity contribution is 5.94. The van der Waals surface area contributed by atoms with Crippen LogP contribution in [0, 0.1) is 13.8 Å². The minimum Gasteiger partial charge on any atom is -0.483 e. The van der Waals surface area contributed by atoms with Gasteiger partial charge in [0.25, 0.3) is 12.4 Å². The molecular formula is C20H25N5O4. The molecular weight excluding hydrogens is 374 g/mol. The largest absolute Gasteiger partial charge is 0.483 e. The second-order valence-corrected chi connectivity index (χ2v) is 6.63. The van der Waals surface area contributed by atoms with Gasteiger partial charge in [-0.05, 0) is 37.1 Å². The molecule has 2 aromatic rings. The summed E-state index contributed by atoms with van der Waals surface area (Å²) < 4.78 is 0. The highest BCUT2D eigenvalue weighted by Gasteiger charge is 2.24. The third kappa shape index (κ3) is 5.50. The van der Waals surface area contributed by atoms with Gasteiger partial charge in [-0.2, -0.15) is 10.2 Å². The van der Waals surface area contributed by atoms with Gasteiger partial charge in [-0.15, -0.1) is 0 Å². The summed E-state index contributed by atoms with van der Waals surface area (Å²) in [5.74, 6) is -0.149. The van der Waals surface area contributed by atoms with E-state index in [2.05, 4.69) is 15.5 Å². The Labute approximate surface area is 169 Å². The Hall–Kier alpha value is -3.49. The van der Waals surface area contributed by atoms with E-state index in [1.807, 2.05) is 26.0 Å². The summed E-state index contributed by atoms with van der Waals surface area (Å²) in [6.45, 7) is 6.15. The smallest absolute Gasteiger partial charge is 0.319 e. The summed E-state index contributed by atoms with van der Waals surface area (Å²) >= 11 is 0. The molecule has 2 heterocycles. The summed E-state index contributed by atoms with van der Waals surface area (Å²) in [4.78, 5) is 35.9. The lowest BCUT2D eigenvalue weighted by Crippen LogP contribution is -2.37. The number of hydrogen-bond donors (Lipinski definition) is 2. The van der Waals surface area contributed by atoms with Crippen molar-refractivity contribution in [3.63, 3.8) is 0 Å². The molecule has 1 aliphatic heterocycles. The molecule has 9 nitrogen and oxygen atoms in total. The first-order valence-corrected chi connectivity index (χ1v) is 9.14. The van der Waals surface area contributed by atoms with Crippen LogP contribution in [-0.4, -0.2) is 76.7 Å². The number of carboxylic acid groups (broad SMARTS) is 1. The van der Waals surface area contributed by atoms with Crippen molar-refractivity contribution in [2.75, 3.05) is 33.2 Å². The normalized spacial score (nSPS) is 13.0. The van der Waals surface area contributed by atoms with Crippen molar-refractivity contribution < 1.29 is 19.5 Å². The van der Waals surface area contributed by atoms with E-state index in [1.54, 1.807) is 35.2 Å². The highest BCUT2D eigenvalue weighted by Crippen LogP contribution is 2.22. The lowest BCUT2D eigenvalue weighted by atomic mass is 10.0. The number of likely N-dealkylation sites (N-methyl/N-ethyl adjacent to an activating group) is 1. The van der Waals surface area contributed by atoms with Crippen LogP contribution in [-0.2, 0) is 4.79 Å². The van der Waals surface area contributed by atoms with Gasteiger partial charge >= 0.3 is 6.03 Å². The first-order valence-electron chi connectivity index (χ1n) is 9.14. The second kappa shape index (κ2) is 10.2. The number of aromatic nitrogens is 2. The zero-order valence-corrected chi connectivity index (χ0v) is 16.8. The summed E-state index contributed by atoms with van der Waals surface area (Å²) in [7, 11) is 1.78. The molecule has 1 aromatic heterocycles. The van der Waals surface area contributed by atoms with Gasteiger partial charge in [0.2, 0.25) is 0 Å². The van der Waals surface area contributed by atoms with E-state index in [-0.39, 0.29) is 18.4 Å². The molecule has 0 radical (unpaired) electrons. The number of urea groups is 1.